The van der Waals surface area contributed by atoms with Gasteiger partial charge in [-0.15, -0.1) is 10.2 Å². The van der Waals surface area contributed by atoms with Crippen molar-refractivity contribution in [1.82, 2.24) is 10.2 Å². The van der Waals surface area contributed by atoms with Gasteiger partial charge in [-0.25, -0.2) is 0 Å². The number of carbonyl (C=O) groups excluding carboxylic acids is 1. The third-order valence-electron chi connectivity index (χ3n) is 3.46. The first-order chi connectivity index (χ1) is 10.5. The fourth-order valence-corrected chi connectivity index (χ4v) is 2.55. The molecule has 2 atom stereocenters. The summed E-state index contributed by atoms with van der Waals surface area (Å²) in [5.41, 5.74) is 6.64. The number of thioether (sulfide) groups is 1. The lowest BCUT2D eigenvalue weighted by Gasteiger charge is -2.13. The van der Waals surface area contributed by atoms with Crippen LogP contribution < -0.4 is 5.73 Å². The third kappa shape index (κ3) is 4.32. The van der Waals surface area contributed by atoms with E-state index < -0.39 is 0 Å². The van der Waals surface area contributed by atoms with Crippen molar-refractivity contribution < 1.29 is 9.21 Å². The summed E-state index contributed by atoms with van der Waals surface area (Å²) in [6.07, 6.45) is 0.932. The molecule has 0 fully saturated rings. The van der Waals surface area contributed by atoms with Crippen molar-refractivity contribution >= 4 is 29.1 Å². The van der Waals surface area contributed by atoms with Gasteiger partial charge in [0, 0.05) is 10.6 Å². The number of ketones is 1. The summed E-state index contributed by atoms with van der Waals surface area (Å²) in [6.45, 7) is 4.09. The molecular formula is C15H18ClN3O2S. The molecule has 0 spiro atoms. The van der Waals surface area contributed by atoms with Gasteiger partial charge in [0.15, 0.2) is 5.78 Å². The van der Waals surface area contributed by atoms with E-state index in [0.717, 1.165) is 6.42 Å². The van der Waals surface area contributed by atoms with Crippen LogP contribution >= 0.6 is 23.4 Å². The lowest BCUT2D eigenvalue weighted by atomic mass is 10.0. The summed E-state index contributed by atoms with van der Waals surface area (Å²) in [6, 6.07) is 6.50. The third-order valence-corrected chi connectivity index (χ3v) is 4.53. The summed E-state index contributed by atoms with van der Waals surface area (Å²) in [5.74, 6) is 0.874. The van der Waals surface area contributed by atoms with Gasteiger partial charge >= 0.3 is 0 Å². The number of aromatic nitrogens is 2. The van der Waals surface area contributed by atoms with Gasteiger partial charge in [-0.05, 0) is 30.2 Å². The fourth-order valence-electron chi connectivity index (χ4n) is 1.76. The molecule has 0 amide bonds. The minimum atomic E-state index is -0.279. The zero-order valence-corrected chi connectivity index (χ0v) is 14.0. The quantitative estimate of drug-likeness (QED) is 0.611. The van der Waals surface area contributed by atoms with E-state index in [1.165, 1.54) is 11.8 Å². The van der Waals surface area contributed by atoms with E-state index in [1.807, 2.05) is 6.92 Å². The molecule has 1 aromatic carbocycles. The van der Waals surface area contributed by atoms with Crippen LogP contribution in [0.5, 0.6) is 0 Å². The molecule has 22 heavy (non-hydrogen) atoms. The van der Waals surface area contributed by atoms with Gasteiger partial charge < -0.3 is 10.2 Å². The van der Waals surface area contributed by atoms with Gasteiger partial charge in [-0.3, -0.25) is 4.79 Å². The second-order valence-electron chi connectivity index (χ2n) is 5.04. The Morgan fingerprint density at radius 1 is 1.36 bits per heavy atom. The van der Waals surface area contributed by atoms with Crippen molar-refractivity contribution in [2.45, 2.75) is 31.5 Å². The van der Waals surface area contributed by atoms with Crippen LogP contribution in [-0.2, 0) is 0 Å². The molecule has 0 radical (unpaired) electrons. The molecule has 0 unspecified atom stereocenters. The Morgan fingerprint density at radius 2 is 2.05 bits per heavy atom. The number of Topliss-reactive ketones (excluding diaryl/α,β-unsaturated/α-hetero) is 1. The molecule has 0 aliphatic rings. The van der Waals surface area contributed by atoms with E-state index >= 15 is 0 Å². The topological polar surface area (TPSA) is 82.0 Å². The Hall–Kier alpha value is -1.37. The van der Waals surface area contributed by atoms with Gasteiger partial charge in [0.25, 0.3) is 5.22 Å². The van der Waals surface area contributed by atoms with E-state index in [0.29, 0.717) is 21.7 Å². The number of nitrogens with zero attached hydrogens (tertiary/aromatic N) is 2. The van der Waals surface area contributed by atoms with Crippen molar-refractivity contribution in [3.8, 4) is 0 Å². The first kappa shape index (κ1) is 17.0. The zero-order chi connectivity index (χ0) is 16.1. The van der Waals surface area contributed by atoms with E-state index in [2.05, 4.69) is 17.1 Å². The van der Waals surface area contributed by atoms with Crippen molar-refractivity contribution in [1.29, 1.82) is 0 Å². The molecule has 118 valence electrons. The molecule has 2 rings (SSSR count). The van der Waals surface area contributed by atoms with Crippen LogP contribution in [0.25, 0.3) is 0 Å². The summed E-state index contributed by atoms with van der Waals surface area (Å²) in [7, 11) is 0. The molecule has 7 heteroatoms. The molecular weight excluding hydrogens is 322 g/mol. The van der Waals surface area contributed by atoms with E-state index in [1.54, 1.807) is 24.3 Å². The van der Waals surface area contributed by atoms with Crippen LogP contribution in [0.15, 0.2) is 33.9 Å². The molecule has 0 bridgehead atoms. The summed E-state index contributed by atoms with van der Waals surface area (Å²) >= 11 is 7.00. The smallest absolute Gasteiger partial charge is 0.277 e. The summed E-state index contributed by atoms with van der Waals surface area (Å²) < 4.78 is 5.52. The molecule has 1 aromatic heterocycles. The Labute approximate surface area is 138 Å². The molecule has 0 saturated heterocycles. The van der Waals surface area contributed by atoms with Crippen molar-refractivity contribution in [3.63, 3.8) is 0 Å². The minimum Gasteiger partial charge on any atom is -0.414 e. The molecule has 0 aliphatic carbocycles. The number of carbonyl (C=O) groups is 1. The van der Waals surface area contributed by atoms with Crippen LogP contribution in [0, 0.1) is 5.92 Å². The average molecular weight is 340 g/mol. The van der Waals surface area contributed by atoms with Crippen LogP contribution in [0.4, 0.5) is 0 Å². The standard InChI is InChI=1S/C15H18ClN3O2S/c1-3-9(2)13(17)14-18-19-15(21-14)22-8-12(20)10-4-6-11(16)7-5-10/h4-7,9,13H,3,8,17H2,1-2H3/t9-,13+/m1/s1. The maximum atomic E-state index is 12.0. The largest absolute Gasteiger partial charge is 0.414 e. The maximum absolute atomic E-state index is 12.0. The molecule has 2 N–H and O–H groups in total. The van der Waals surface area contributed by atoms with Gasteiger partial charge in [0.2, 0.25) is 5.89 Å². The highest BCUT2D eigenvalue weighted by Crippen LogP contribution is 2.24. The highest BCUT2D eigenvalue weighted by Gasteiger charge is 2.20. The number of benzene rings is 1. The van der Waals surface area contributed by atoms with Crippen molar-refractivity contribution in [2.24, 2.45) is 11.7 Å². The predicted octanol–water partition coefficient (Wildman–Crippen LogP) is 3.74. The number of hydrogen-bond donors (Lipinski definition) is 1. The Morgan fingerprint density at radius 3 is 2.68 bits per heavy atom. The maximum Gasteiger partial charge on any atom is 0.277 e. The Bertz CT molecular complexity index is 630. The van der Waals surface area contributed by atoms with Crippen LogP contribution in [0.2, 0.25) is 5.02 Å². The highest BCUT2D eigenvalue weighted by atomic mass is 35.5. The zero-order valence-electron chi connectivity index (χ0n) is 12.5. The fraction of sp³-hybridized carbons (Fsp3) is 0.400. The van der Waals surface area contributed by atoms with E-state index in [4.69, 9.17) is 21.8 Å². The Balaban J connectivity index is 1.93. The lowest BCUT2D eigenvalue weighted by molar-refractivity contribution is 0.102. The number of nitrogens with two attached hydrogens (primary N) is 1. The van der Waals surface area contributed by atoms with Crippen LogP contribution in [0.3, 0.4) is 0 Å². The molecule has 0 aliphatic heterocycles. The van der Waals surface area contributed by atoms with Crippen LogP contribution in [-0.4, -0.2) is 21.7 Å². The molecule has 2 aromatic rings. The van der Waals surface area contributed by atoms with Gasteiger partial charge in [-0.2, -0.15) is 0 Å². The molecule has 1 heterocycles. The van der Waals surface area contributed by atoms with E-state index in [9.17, 15) is 4.79 Å². The number of rotatable bonds is 7. The minimum absolute atomic E-state index is 0.0207. The van der Waals surface area contributed by atoms with Gasteiger partial charge in [0.1, 0.15) is 0 Å². The summed E-state index contributed by atoms with van der Waals surface area (Å²) in [5, 5.41) is 8.84. The van der Waals surface area contributed by atoms with Crippen molar-refractivity contribution in [3.05, 3.63) is 40.7 Å². The number of halogens is 1. The van der Waals surface area contributed by atoms with E-state index in [-0.39, 0.29) is 23.5 Å². The monoisotopic (exact) mass is 339 g/mol. The Kier molecular flexibility index (Phi) is 5.99. The normalized spacial score (nSPS) is 13.8. The SMILES string of the molecule is CC[C@@H](C)[C@H](N)c1nnc(SCC(=O)c2ccc(Cl)cc2)o1. The molecule has 0 saturated carbocycles. The van der Waals surface area contributed by atoms with Crippen molar-refractivity contribution in [2.75, 3.05) is 5.75 Å². The second-order valence-corrected chi connectivity index (χ2v) is 6.40. The molecule has 5 nitrogen and oxygen atoms in total. The van der Waals surface area contributed by atoms with Crippen LogP contribution in [0.1, 0.15) is 42.6 Å². The van der Waals surface area contributed by atoms with Gasteiger partial charge in [-0.1, -0.05) is 43.6 Å². The lowest BCUT2D eigenvalue weighted by Crippen LogP contribution is -2.18. The highest BCUT2D eigenvalue weighted by molar-refractivity contribution is 7.99. The average Bonchev–Trinajstić information content (AvgIpc) is 3.00. The predicted molar refractivity (Wildman–Crippen MR) is 87.2 cm³/mol. The van der Waals surface area contributed by atoms with Gasteiger partial charge in [0.05, 0.1) is 11.8 Å². The second kappa shape index (κ2) is 7.76. The first-order valence-electron chi connectivity index (χ1n) is 7.01. The number of hydrogen-bond acceptors (Lipinski definition) is 6. The first-order valence-corrected chi connectivity index (χ1v) is 8.38. The summed E-state index contributed by atoms with van der Waals surface area (Å²) in [4.78, 5) is 12.0.